The fraction of sp³-hybridized carbons (Fsp3) is 0.361. The molecule has 3 fully saturated rings. The molecule has 0 radical (unpaired) electrons. The number of rotatable bonds is 11. The van der Waals surface area contributed by atoms with Crippen LogP contribution in [0.4, 0.5) is 25.0 Å². The van der Waals surface area contributed by atoms with Gasteiger partial charge in [-0.05, 0) is 36.6 Å². The van der Waals surface area contributed by atoms with Gasteiger partial charge in [0.1, 0.15) is 42.8 Å². The van der Waals surface area contributed by atoms with Gasteiger partial charge in [0, 0.05) is 24.7 Å². The van der Waals surface area contributed by atoms with Crippen molar-refractivity contribution in [2.75, 3.05) is 42.7 Å². The van der Waals surface area contributed by atoms with Crippen LogP contribution in [0.25, 0.3) is 10.9 Å². The minimum absolute atomic E-state index is 0.0000704. The van der Waals surface area contributed by atoms with Crippen molar-refractivity contribution in [2.24, 2.45) is 0 Å². The largest absolute Gasteiger partial charge is 0.487 e. The Balaban J connectivity index is 1.09. The number of aromatic nitrogens is 1. The van der Waals surface area contributed by atoms with E-state index in [0.717, 1.165) is 35.4 Å². The maximum absolute atomic E-state index is 16.3. The van der Waals surface area contributed by atoms with Crippen molar-refractivity contribution < 1.29 is 61.3 Å². The van der Waals surface area contributed by atoms with Crippen LogP contribution in [0.15, 0.2) is 65.6 Å². The van der Waals surface area contributed by atoms with Gasteiger partial charge in [0.25, 0.3) is 0 Å². The van der Waals surface area contributed by atoms with Gasteiger partial charge in [-0.2, -0.15) is 0 Å². The summed E-state index contributed by atoms with van der Waals surface area (Å²) in [7, 11) is -5.20. The number of anilines is 2. The first kappa shape index (κ1) is 35.9. The molecule has 284 valence electrons. The smallest absolute Gasteiger partial charge is 0.470 e. The number of phosphoric ester groups is 1. The van der Waals surface area contributed by atoms with E-state index in [0.29, 0.717) is 0 Å². The number of benzene rings is 3. The molecule has 1 saturated carbocycles. The van der Waals surface area contributed by atoms with E-state index in [9.17, 15) is 33.8 Å². The average Bonchev–Trinajstić information content (AvgIpc) is 3.82. The molecule has 0 bridgehead atoms. The van der Waals surface area contributed by atoms with Crippen LogP contribution in [0.5, 0.6) is 11.5 Å². The van der Waals surface area contributed by atoms with Crippen LogP contribution >= 0.6 is 7.82 Å². The number of phosphoric acid groups is 1. The number of pyridine rings is 1. The van der Waals surface area contributed by atoms with E-state index in [1.807, 2.05) is 6.07 Å². The molecule has 15 nitrogen and oxygen atoms in total. The van der Waals surface area contributed by atoms with Crippen LogP contribution in [0, 0.1) is 11.6 Å². The third-order valence-electron chi connectivity index (χ3n) is 9.89. The van der Waals surface area contributed by atoms with E-state index in [2.05, 4.69) is 0 Å². The van der Waals surface area contributed by atoms with E-state index in [1.54, 1.807) is 28.8 Å². The molecule has 54 heavy (non-hydrogen) atoms. The highest BCUT2D eigenvalue weighted by molar-refractivity contribution is 7.46. The van der Waals surface area contributed by atoms with Crippen LogP contribution < -0.4 is 24.7 Å². The summed E-state index contributed by atoms with van der Waals surface area (Å²) in [4.78, 5) is 61.7. The summed E-state index contributed by atoms with van der Waals surface area (Å²) >= 11 is 0. The molecule has 8 rings (SSSR count). The Kier molecular flexibility index (Phi) is 9.09. The average molecular weight is 770 g/mol. The lowest BCUT2D eigenvalue weighted by Crippen LogP contribution is -2.42. The molecule has 18 heteroatoms. The molecular weight excluding hydrogens is 735 g/mol. The summed E-state index contributed by atoms with van der Waals surface area (Å²) in [5.41, 5.74) is -1.76. The zero-order valence-corrected chi connectivity index (χ0v) is 29.3. The van der Waals surface area contributed by atoms with E-state index >= 15 is 8.78 Å². The fourth-order valence-electron chi connectivity index (χ4n) is 7.33. The van der Waals surface area contributed by atoms with Gasteiger partial charge in [0.05, 0.1) is 42.3 Å². The van der Waals surface area contributed by atoms with Crippen LogP contribution in [-0.2, 0) is 25.2 Å². The van der Waals surface area contributed by atoms with Gasteiger partial charge < -0.3 is 43.3 Å². The Labute approximate surface area is 305 Å². The number of carbonyl (C=O) groups excluding carboxylic acids is 2. The van der Waals surface area contributed by atoms with E-state index in [-0.39, 0.29) is 78.1 Å². The SMILES string of the molecule is O=C(OCc1ccccc1)c1cn(C2CC2)c2c3c(c(F)cc2c1=O)N1C[C@@](COc2ccc(N4CC(CO)OC4=O)cc2F)(OP(=O)(O)O)C[C@H]1CO3. The molecule has 4 aromatic rings. The standard InChI is InChI=1S/C36H34F2N3O12P/c37-27-10-22(40-13-24(15-42)52-35(40)45)8-9-29(27)51-19-36(53-54(46,47)48)12-23-17-49-33-30-25(11-28(38)31(33)41(23)18-36)32(43)26(14-39(30)21-6-7-21)34(44)50-16-20-4-2-1-3-5-20/h1-5,8-11,14,21,23-24,42H,6-7,12-13,15-19H2,(H2,46,47,48)/t23-,24?,36-/m0/s1. The van der Waals surface area contributed by atoms with Crippen molar-refractivity contribution in [3.05, 3.63) is 93.8 Å². The number of hydrogen-bond acceptors (Lipinski definition) is 11. The highest BCUT2D eigenvalue weighted by atomic mass is 31.2. The van der Waals surface area contributed by atoms with Gasteiger partial charge in [-0.25, -0.2) is 22.9 Å². The van der Waals surface area contributed by atoms with Gasteiger partial charge in [-0.15, -0.1) is 0 Å². The Hall–Kier alpha value is -5.06. The maximum Gasteiger partial charge on any atom is 0.470 e. The second kappa shape index (κ2) is 13.7. The van der Waals surface area contributed by atoms with Gasteiger partial charge >= 0.3 is 19.9 Å². The Morgan fingerprint density at radius 3 is 2.50 bits per heavy atom. The number of esters is 1. The number of aliphatic hydroxyl groups is 1. The first-order chi connectivity index (χ1) is 25.8. The maximum atomic E-state index is 16.3. The van der Waals surface area contributed by atoms with Gasteiger partial charge in [0.2, 0.25) is 5.43 Å². The molecule has 0 spiro atoms. The Morgan fingerprint density at radius 2 is 1.81 bits per heavy atom. The van der Waals surface area contributed by atoms with Crippen molar-refractivity contribution >= 4 is 42.2 Å². The number of ether oxygens (including phenoxy) is 4. The quantitative estimate of drug-likeness (QED) is 0.146. The monoisotopic (exact) mass is 769 g/mol. The zero-order valence-electron chi connectivity index (χ0n) is 28.4. The first-order valence-electron chi connectivity index (χ1n) is 17.1. The molecule has 1 aliphatic carbocycles. The summed E-state index contributed by atoms with van der Waals surface area (Å²) < 4.78 is 73.2. The van der Waals surface area contributed by atoms with Gasteiger partial charge in [-0.3, -0.25) is 14.2 Å². The van der Waals surface area contributed by atoms with Crippen molar-refractivity contribution in [3.63, 3.8) is 0 Å². The lowest BCUT2D eigenvalue weighted by Gasteiger charge is -2.35. The van der Waals surface area contributed by atoms with E-state index in [4.69, 9.17) is 23.5 Å². The second-order valence-corrected chi connectivity index (χ2v) is 14.9. The molecule has 1 amide bonds. The highest BCUT2D eigenvalue weighted by Gasteiger charge is 2.53. The van der Waals surface area contributed by atoms with Crippen molar-refractivity contribution in [3.8, 4) is 11.5 Å². The number of amides is 1. The molecule has 1 aromatic heterocycles. The molecule has 1 unspecified atom stereocenters. The summed E-state index contributed by atoms with van der Waals surface area (Å²) in [6.45, 7) is -1.47. The summed E-state index contributed by atoms with van der Waals surface area (Å²) in [6.07, 6.45) is 1.20. The first-order valence-corrected chi connectivity index (χ1v) is 18.7. The number of nitrogens with zero attached hydrogens (tertiary/aromatic N) is 3. The number of cyclic esters (lactones) is 1. The van der Waals surface area contributed by atoms with Crippen molar-refractivity contribution in [1.82, 2.24) is 4.57 Å². The fourth-order valence-corrected chi connectivity index (χ4v) is 8.02. The number of fused-ring (bicyclic) bond motifs is 5. The van der Waals surface area contributed by atoms with Crippen molar-refractivity contribution in [1.29, 1.82) is 0 Å². The van der Waals surface area contributed by atoms with Crippen LogP contribution in [-0.4, -0.2) is 82.2 Å². The van der Waals surface area contributed by atoms with Crippen LogP contribution in [0.1, 0.15) is 41.2 Å². The highest BCUT2D eigenvalue weighted by Crippen LogP contribution is 2.52. The molecule has 4 aliphatic rings. The number of aliphatic hydroxyl groups excluding tert-OH is 1. The summed E-state index contributed by atoms with van der Waals surface area (Å²) in [5, 5.41) is 9.22. The minimum atomic E-state index is -5.20. The van der Waals surface area contributed by atoms with Crippen LogP contribution in [0.2, 0.25) is 0 Å². The third kappa shape index (κ3) is 6.77. The molecule has 3 aliphatic heterocycles. The predicted octanol–water partition coefficient (Wildman–Crippen LogP) is 4.19. The number of hydrogen-bond donors (Lipinski definition) is 3. The molecule has 3 aromatic carbocycles. The molecular formula is C36H34F2N3O12P. The Bertz CT molecular complexity index is 2270. The summed E-state index contributed by atoms with van der Waals surface area (Å²) in [5.74, 6) is -2.94. The minimum Gasteiger partial charge on any atom is -0.487 e. The predicted molar refractivity (Wildman–Crippen MR) is 186 cm³/mol. The second-order valence-electron chi connectivity index (χ2n) is 13.8. The van der Waals surface area contributed by atoms with E-state index < -0.39 is 67.9 Å². The number of halogens is 2. The normalized spacial score (nSPS) is 22.1. The lowest BCUT2D eigenvalue weighted by atomic mass is 10.0. The lowest BCUT2D eigenvalue weighted by molar-refractivity contribution is 0.00780. The molecule has 3 N–H and O–H groups in total. The van der Waals surface area contributed by atoms with E-state index in [1.165, 1.54) is 23.2 Å². The summed E-state index contributed by atoms with van der Waals surface area (Å²) in [6, 6.07) is 12.8. The number of carbonyl (C=O) groups is 2. The van der Waals surface area contributed by atoms with Crippen molar-refractivity contribution in [2.45, 2.75) is 49.7 Å². The topological polar surface area (TPSA) is 187 Å². The van der Waals surface area contributed by atoms with Gasteiger partial charge in [-0.1, -0.05) is 30.3 Å². The molecule has 2 saturated heterocycles. The zero-order chi connectivity index (χ0) is 37.9. The third-order valence-corrected chi connectivity index (χ3v) is 10.5. The van der Waals surface area contributed by atoms with Crippen LogP contribution in [0.3, 0.4) is 0 Å². The molecule has 4 heterocycles. The Morgan fingerprint density at radius 1 is 1.04 bits per heavy atom. The molecule has 3 atom stereocenters. The van der Waals surface area contributed by atoms with Gasteiger partial charge in [0.15, 0.2) is 23.1 Å².